The molecule has 0 radical (unpaired) electrons. The minimum absolute atomic E-state index is 0.148. The predicted molar refractivity (Wildman–Crippen MR) is 160 cm³/mol. The van der Waals surface area contributed by atoms with Crippen LogP contribution in [-0.4, -0.2) is 50.7 Å². The molecule has 0 bridgehead atoms. The van der Waals surface area contributed by atoms with Gasteiger partial charge in [0.2, 0.25) is 5.95 Å². The van der Waals surface area contributed by atoms with Gasteiger partial charge in [-0.25, -0.2) is 19.3 Å². The van der Waals surface area contributed by atoms with E-state index in [0.29, 0.717) is 29.8 Å². The van der Waals surface area contributed by atoms with E-state index in [9.17, 15) is 5.11 Å². The fourth-order valence-electron chi connectivity index (χ4n) is 5.90. The summed E-state index contributed by atoms with van der Waals surface area (Å²) < 4.78 is 15.3. The summed E-state index contributed by atoms with van der Waals surface area (Å²) in [4.78, 5) is 18.2. The van der Waals surface area contributed by atoms with Crippen molar-refractivity contribution >= 4 is 23.0 Å². The molecule has 5 rings (SSSR count). The monoisotopic (exact) mass is 542 g/mol. The van der Waals surface area contributed by atoms with Gasteiger partial charge in [-0.05, 0) is 74.9 Å². The molecule has 210 valence electrons. The standard InChI is InChI=1S/C32H39FN6O/c1-19(2)25-15-24(16-28-30(25)21(5)7-8-22(6)39(28)20(3)4)31-26(33)17-34-32(37-31)36-29-10-9-23-18-38(13-14-40)12-11-27(23)35-29/h8-10,15-17,20-21,40H,1,7,11-14,18H2,2-6H3,(H,34,35,36,37). The van der Waals surface area contributed by atoms with Gasteiger partial charge in [0.1, 0.15) is 11.5 Å². The lowest BCUT2D eigenvalue weighted by Gasteiger charge is -2.32. The first-order valence-corrected chi connectivity index (χ1v) is 14.1. The maximum atomic E-state index is 15.3. The molecule has 0 saturated heterocycles. The quantitative estimate of drug-likeness (QED) is 0.356. The minimum atomic E-state index is -0.481. The van der Waals surface area contributed by atoms with E-state index in [1.165, 1.54) is 17.5 Å². The van der Waals surface area contributed by atoms with Crippen LogP contribution in [0.3, 0.4) is 0 Å². The molecule has 1 aromatic carbocycles. The average molecular weight is 543 g/mol. The van der Waals surface area contributed by atoms with Gasteiger partial charge in [-0.1, -0.05) is 31.2 Å². The number of hydrogen-bond donors (Lipinski definition) is 2. The van der Waals surface area contributed by atoms with Gasteiger partial charge < -0.3 is 15.3 Å². The number of aromatic nitrogens is 3. The van der Waals surface area contributed by atoms with E-state index in [2.05, 4.69) is 71.5 Å². The Morgan fingerprint density at radius 3 is 2.77 bits per heavy atom. The van der Waals surface area contributed by atoms with Crippen LogP contribution in [0.25, 0.3) is 16.8 Å². The first-order chi connectivity index (χ1) is 19.2. The van der Waals surface area contributed by atoms with Crippen LogP contribution in [0.15, 0.2) is 48.8 Å². The molecule has 2 aliphatic rings. The number of anilines is 3. The van der Waals surface area contributed by atoms with Crippen LogP contribution in [0.2, 0.25) is 0 Å². The number of rotatable bonds is 7. The van der Waals surface area contributed by atoms with Crippen LogP contribution >= 0.6 is 0 Å². The number of pyridine rings is 1. The summed E-state index contributed by atoms with van der Waals surface area (Å²) in [6, 6.07) is 8.24. The summed E-state index contributed by atoms with van der Waals surface area (Å²) in [5.74, 6) is 0.730. The number of fused-ring (bicyclic) bond motifs is 2. The minimum Gasteiger partial charge on any atom is -0.395 e. The summed E-state index contributed by atoms with van der Waals surface area (Å²) in [5, 5.41) is 12.4. The summed E-state index contributed by atoms with van der Waals surface area (Å²) in [5.41, 5.74) is 8.57. The van der Waals surface area contributed by atoms with Crippen LogP contribution in [0.4, 0.5) is 21.8 Å². The van der Waals surface area contributed by atoms with Crippen LogP contribution in [0.5, 0.6) is 0 Å². The Morgan fingerprint density at radius 2 is 2.05 bits per heavy atom. The van der Waals surface area contributed by atoms with Gasteiger partial charge in [0.05, 0.1) is 12.8 Å². The molecule has 0 aliphatic carbocycles. The maximum absolute atomic E-state index is 15.3. The number of allylic oxidation sites excluding steroid dienone is 3. The molecule has 4 heterocycles. The van der Waals surface area contributed by atoms with Crippen molar-refractivity contribution in [1.82, 2.24) is 19.9 Å². The smallest absolute Gasteiger partial charge is 0.229 e. The van der Waals surface area contributed by atoms with Gasteiger partial charge in [0, 0.05) is 54.7 Å². The summed E-state index contributed by atoms with van der Waals surface area (Å²) in [6.45, 7) is 17.4. The Kier molecular flexibility index (Phi) is 8.01. The molecule has 2 aliphatic heterocycles. The molecule has 2 aromatic heterocycles. The summed E-state index contributed by atoms with van der Waals surface area (Å²) in [7, 11) is 0. The van der Waals surface area contributed by atoms with Crippen molar-refractivity contribution in [1.29, 1.82) is 0 Å². The predicted octanol–water partition coefficient (Wildman–Crippen LogP) is 6.43. The number of nitrogens with zero attached hydrogens (tertiary/aromatic N) is 5. The second kappa shape index (κ2) is 11.5. The first kappa shape index (κ1) is 27.9. The lowest BCUT2D eigenvalue weighted by atomic mass is 9.87. The molecule has 3 aromatic rings. The van der Waals surface area contributed by atoms with Gasteiger partial charge in [-0.2, -0.15) is 0 Å². The van der Waals surface area contributed by atoms with E-state index in [1.54, 1.807) is 0 Å². The van der Waals surface area contributed by atoms with E-state index in [0.717, 1.165) is 54.0 Å². The first-order valence-electron chi connectivity index (χ1n) is 14.1. The lowest BCUT2D eigenvalue weighted by Crippen LogP contribution is -2.33. The fourth-order valence-corrected chi connectivity index (χ4v) is 5.90. The molecule has 0 spiro atoms. The zero-order valence-corrected chi connectivity index (χ0v) is 24.1. The zero-order valence-electron chi connectivity index (χ0n) is 24.1. The van der Waals surface area contributed by atoms with Gasteiger partial charge in [-0.3, -0.25) is 4.90 Å². The molecule has 1 unspecified atom stereocenters. The SMILES string of the molecule is C=C(C)c1cc(-c2nc(Nc3ccc4c(n3)CCN(CCO)C4)ncc2F)cc2c1C(C)CC=C(C)N2C(C)C. The molecule has 0 saturated carbocycles. The third kappa shape index (κ3) is 5.51. The second-order valence-corrected chi connectivity index (χ2v) is 11.3. The van der Waals surface area contributed by atoms with Crippen molar-refractivity contribution < 1.29 is 9.50 Å². The van der Waals surface area contributed by atoms with E-state index in [1.807, 2.05) is 25.1 Å². The normalized spacial score (nSPS) is 17.2. The summed E-state index contributed by atoms with van der Waals surface area (Å²) >= 11 is 0. The molecule has 0 amide bonds. The van der Waals surface area contributed by atoms with Gasteiger partial charge in [0.15, 0.2) is 5.82 Å². The van der Waals surface area contributed by atoms with Crippen molar-refractivity contribution in [3.63, 3.8) is 0 Å². The molecular formula is C32H39FN6O. The Labute approximate surface area is 236 Å². The molecule has 1 atom stereocenters. The van der Waals surface area contributed by atoms with Gasteiger partial charge >= 0.3 is 0 Å². The average Bonchev–Trinajstić information content (AvgIpc) is 3.04. The number of hydrogen-bond acceptors (Lipinski definition) is 7. The Morgan fingerprint density at radius 1 is 1.25 bits per heavy atom. The fraction of sp³-hybridized carbons (Fsp3) is 0.406. The molecule has 0 fully saturated rings. The Balaban J connectivity index is 1.53. The van der Waals surface area contributed by atoms with Crippen molar-refractivity contribution in [2.45, 2.75) is 66.0 Å². The van der Waals surface area contributed by atoms with Crippen LogP contribution in [-0.2, 0) is 13.0 Å². The summed E-state index contributed by atoms with van der Waals surface area (Å²) in [6.07, 6.45) is 5.24. The highest BCUT2D eigenvalue weighted by Gasteiger charge is 2.27. The number of nitrogens with one attached hydrogen (secondary N) is 1. The molecule has 8 heteroatoms. The van der Waals surface area contributed by atoms with E-state index in [4.69, 9.17) is 4.98 Å². The van der Waals surface area contributed by atoms with Crippen molar-refractivity contribution in [2.24, 2.45) is 0 Å². The third-order valence-electron chi connectivity index (χ3n) is 7.83. The van der Waals surface area contributed by atoms with Crippen LogP contribution in [0.1, 0.15) is 69.3 Å². The highest BCUT2D eigenvalue weighted by molar-refractivity contribution is 5.81. The highest BCUT2D eigenvalue weighted by atomic mass is 19.1. The number of aliphatic hydroxyl groups excluding tert-OH is 1. The maximum Gasteiger partial charge on any atom is 0.229 e. The Hall–Kier alpha value is -3.62. The molecule has 40 heavy (non-hydrogen) atoms. The Bertz CT molecular complexity index is 1470. The van der Waals surface area contributed by atoms with Crippen molar-refractivity contribution in [2.75, 3.05) is 29.9 Å². The number of aliphatic hydroxyl groups is 1. The van der Waals surface area contributed by atoms with Gasteiger partial charge in [0.25, 0.3) is 0 Å². The van der Waals surface area contributed by atoms with Crippen LogP contribution < -0.4 is 10.2 Å². The van der Waals surface area contributed by atoms with Crippen molar-refractivity contribution in [3.8, 4) is 11.3 Å². The molecular weight excluding hydrogens is 503 g/mol. The van der Waals surface area contributed by atoms with E-state index < -0.39 is 5.82 Å². The molecule has 2 N–H and O–H groups in total. The second-order valence-electron chi connectivity index (χ2n) is 11.3. The lowest BCUT2D eigenvalue weighted by molar-refractivity contribution is 0.183. The largest absolute Gasteiger partial charge is 0.395 e. The number of halogens is 1. The van der Waals surface area contributed by atoms with Crippen molar-refractivity contribution in [3.05, 3.63) is 77.0 Å². The number of benzene rings is 1. The number of β-amino-alcohol motifs (C(OH)–C–C–N with tert-alkyl or cyclic N) is 1. The van der Waals surface area contributed by atoms with E-state index in [-0.39, 0.29) is 18.3 Å². The topological polar surface area (TPSA) is 77.4 Å². The van der Waals surface area contributed by atoms with Gasteiger partial charge in [-0.15, -0.1) is 0 Å². The molecule has 7 nitrogen and oxygen atoms in total. The van der Waals surface area contributed by atoms with Crippen LogP contribution in [0, 0.1) is 5.82 Å². The highest BCUT2D eigenvalue weighted by Crippen LogP contribution is 2.43. The third-order valence-corrected chi connectivity index (χ3v) is 7.83. The zero-order chi connectivity index (χ0) is 28.6. The van der Waals surface area contributed by atoms with E-state index >= 15 is 4.39 Å².